The van der Waals surface area contributed by atoms with Gasteiger partial charge in [-0.1, -0.05) is 13.3 Å². The summed E-state index contributed by atoms with van der Waals surface area (Å²) in [7, 11) is 0. The Balaban J connectivity index is 2.95. The van der Waals surface area contributed by atoms with Gasteiger partial charge >= 0.3 is 0 Å². The molecular formula is C19H40O7. The molecule has 0 amide bonds. The summed E-state index contributed by atoms with van der Waals surface area (Å²) < 4.78 is 32.4. The molecule has 0 aromatic carbocycles. The molecule has 0 aromatic heterocycles. The molecule has 0 aromatic rings. The van der Waals surface area contributed by atoms with Crippen LogP contribution in [0.15, 0.2) is 0 Å². The second-order valence-electron chi connectivity index (χ2n) is 5.81. The average molecular weight is 381 g/mol. The molecule has 0 bridgehead atoms. The van der Waals surface area contributed by atoms with E-state index in [0.717, 1.165) is 45.3 Å². The number of aliphatic hydroxyl groups excluding tert-OH is 1. The highest BCUT2D eigenvalue weighted by atomic mass is 16.6. The van der Waals surface area contributed by atoms with E-state index in [1.54, 1.807) is 0 Å². The van der Waals surface area contributed by atoms with Gasteiger partial charge in [-0.3, -0.25) is 0 Å². The van der Waals surface area contributed by atoms with Gasteiger partial charge < -0.3 is 33.5 Å². The Morgan fingerprint density at radius 2 is 0.769 bits per heavy atom. The number of unbranched alkanes of at least 4 members (excludes halogenated alkanes) is 3. The van der Waals surface area contributed by atoms with Crippen molar-refractivity contribution in [1.82, 2.24) is 0 Å². The monoisotopic (exact) mass is 380 g/mol. The maximum atomic E-state index is 8.64. The van der Waals surface area contributed by atoms with Gasteiger partial charge in [0.25, 0.3) is 0 Å². The number of hydrogen-bond acceptors (Lipinski definition) is 7. The molecule has 0 aliphatic rings. The van der Waals surface area contributed by atoms with Crippen LogP contribution in [0.5, 0.6) is 0 Å². The van der Waals surface area contributed by atoms with Crippen LogP contribution in [0, 0.1) is 0 Å². The molecule has 0 saturated heterocycles. The van der Waals surface area contributed by atoms with Gasteiger partial charge in [-0.25, -0.2) is 0 Å². The van der Waals surface area contributed by atoms with Gasteiger partial charge in [-0.05, 0) is 25.7 Å². The smallest absolute Gasteiger partial charge is 0.0701 e. The molecule has 0 heterocycles. The summed E-state index contributed by atoms with van der Waals surface area (Å²) in [6, 6.07) is 0. The molecule has 0 aliphatic carbocycles. The normalized spacial score (nSPS) is 11.3. The van der Waals surface area contributed by atoms with Crippen molar-refractivity contribution in [1.29, 1.82) is 0 Å². The van der Waals surface area contributed by atoms with E-state index in [9.17, 15) is 0 Å². The fourth-order valence-electron chi connectivity index (χ4n) is 1.94. The second-order valence-corrected chi connectivity index (χ2v) is 5.81. The molecule has 0 atom stereocenters. The summed E-state index contributed by atoms with van der Waals surface area (Å²) in [6.45, 7) is 9.81. The van der Waals surface area contributed by atoms with E-state index in [-0.39, 0.29) is 6.61 Å². The van der Waals surface area contributed by atoms with Crippen molar-refractivity contribution >= 4 is 0 Å². The van der Waals surface area contributed by atoms with E-state index in [4.69, 9.17) is 33.5 Å². The van der Waals surface area contributed by atoms with Gasteiger partial charge in [0.1, 0.15) is 0 Å². The van der Waals surface area contributed by atoms with Gasteiger partial charge in [0.2, 0.25) is 0 Å². The van der Waals surface area contributed by atoms with E-state index in [2.05, 4.69) is 6.92 Å². The van der Waals surface area contributed by atoms with Crippen LogP contribution in [-0.2, 0) is 28.4 Å². The zero-order valence-corrected chi connectivity index (χ0v) is 16.6. The van der Waals surface area contributed by atoms with Gasteiger partial charge in [0, 0.05) is 19.8 Å². The summed E-state index contributed by atoms with van der Waals surface area (Å²) in [5.74, 6) is 0. The van der Waals surface area contributed by atoms with Gasteiger partial charge in [0.05, 0.1) is 66.1 Å². The van der Waals surface area contributed by atoms with Crippen molar-refractivity contribution < 1.29 is 33.5 Å². The van der Waals surface area contributed by atoms with Crippen molar-refractivity contribution in [3.05, 3.63) is 0 Å². The Morgan fingerprint density at radius 1 is 0.423 bits per heavy atom. The molecule has 0 aliphatic heterocycles. The van der Waals surface area contributed by atoms with E-state index < -0.39 is 0 Å². The first kappa shape index (κ1) is 25.7. The summed E-state index contributed by atoms with van der Waals surface area (Å²) in [5.41, 5.74) is 0. The van der Waals surface area contributed by atoms with E-state index in [0.29, 0.717) is 66.1 Å². The minimum atomic E-state index is 0.260. The molecule has 0 fully saturated rings. The molecule has 7 heteroatoms. The third-order valence-corrected chi connectivity index (χ3v) is 3.45. The average Bonchev–Trinajstić information content (AvgIpc) is 2.66. The van der Waals surface area contributed by atoms with Crippen LogP contribution < -0.4 is 0 Å². The molecule has 7 nitrogen and oxygen atoms in total. The topological polar surface area (TPSA) is 75.6 Å². The van der Waals surface area contributed by atoms with Crippen molar-refractivity contribution in [2.75, 3.05) is 85.9 Å². The minimum Gasteiger partial charge on any atom is -0.396 e. The Bertz CT molecular complexity index is 218. The van der Waals surface area contributed by atoms with Gasteiger partial charge in [0.15, 0.2) is 0 Å². The van der Waals surface area contributed by atoms with Crippen LogP contribution in [0.25, 0.3) is 0 Å². The Morgan fingerprint density at radius 3 is 1.12 bits per heavy atom. The summed E-state index contributed by atoms with van der Waals surface area (Å²) in [4.78, 5) is 0. The van der Waals surface area contributed by atoms with Crippen molar-refractivity contribution in [2.24, 2.45) is 0 Å². The Labute approximate surface area is 159 Å². The van der Waals surface area contributed by atoms with Crippen LogP contribution in [0.2, 0.25) is 0 Å². The number of aliphatic hydroxyl groups is 1. The summed E-state index contributed by atoms with van der Waals surface area (Å²) >= 11 is 0. The first-order valence-corrected chi connectivity index (χ1v) is 9.99. The van der Waals surface area contributed by atoms with Crippen LogP contribution >= 0.6 is 0 Å². The second kappa shape index (κ2) is 24.7. The van der Waals surface area contributed by atoms with E-state index >= 15 is 0 Å². The highest BCUT2D eigenvalue weighted by molar-refractivity contribution is 4.40. The van der Waals surface area contributed by atoms with Crippen molar-refractivity contribution in [3.8, 4) is 0 Å². The van der Waals surface area contributed by atoms with Crippen LogP contribution in [0.3, 0.4) is 0 Å². The maximum Gasteiger partial charge on any atom is 0.0701 e. The lowest BCUT2D eigenvalue weighted by Gasteiger charge is -2.08. The van der Waals surface area contributed by atoms with Crippen molar-refractivity contribution in [3.63, 3.8) is 0 Å². The number of ether oxygens (including phenoxy) is 6. The lowest BCUT2D eigenvalue weighted by Crippen LogP contribution is -2.14. The number of rotatable bonds is 23. The molecule has 0 saturated carbocycles. The number of hydrogen-bond donors (Lipinski definition) is 1. The summed E-state index contributed by atoms with van der Waals surface area (Å²) in [6.07, 6.45) is 5.11. The Hall–Kier alpha value is -0.280. The van der Waals surface area contributed by atoms with E-state index in [1.807, 2.05) is 0 Å². The molecule has 158 valence electrons. The van der Waals surface area contributed by atoms with Crippen LogP contribution in [-0.4, -0.2) is 91.0 Å². The zero-order valence-electron chi connectivity index (χ0n) is 16.6. The third kappa shape index (κ3) is 23.7. The SMILES string of the molecule is CCCCOCCOCCOCCOCCOCCOCCCCCO. The molecule has 0 rings (SSSR count). The highest BCUT2D eigenvalue weighted by Crippen LogP contribution is 1.94. The van der Waals surface area contributed by atoms with E-state index in [1.165, 1.54) is 0 Å². The maximum absolute atomic E-state index is 8.64. The molecular weight excluding hydrogens is 340 g/mol. The fraction of sp³-hybridized carbons (Fsp3) is 1.00. The molecule has 0 spiro atoms. The predicted molar refractivity (Wildman–Crippen MR) is 101 cm³/mol. The minimum absolute atomic E-state index is 0.260. The quantitative estimate of drug-likeness (QED) is 0.272. The first-order chi connectivity index (χ1) is 12.9. The Kier molecular flexibility index (Phi) is 24.5. The van der Waals surface area contributed by atoms with Gasteiger partial charge in [-0.2, -0.15) is 0 Å². The fourth-order valence-corrected chi connectivity index (χ4v) is 1.94. The molecule has 1 N–H and O–H groups in total. The van der Waals surface area contributed by atoms with Crippen LogP contribution in [0.1, 0.15) is 39.0 Å². The molecule has 0 unspecified atom stereocenters. The molecule has 26 heavy (non-hydrogen) atoms. The summed E-state index contributed by atoms with van der Waals surface area (Å²) in [5, 5.41) is 8.64. The van der Waals surface area contributed by atoms with Crippen molar-refractivity contribution in [2.45, 2.75) is 39.0 Å². The van der Waals surface area contributed by atoms with Crippen LogP contribution in [0.4, 0.5) is 0 Å². The zero-order chi connectivity index (χ0) is 19.0. The molecule has 0 radical (unpaired) electrons. The largest absolute Gasteiger partial charge is 0.396 e. The standard InChI is InChI=1S/C19H40O7/c1-2-3-8-21-10-12-23-14-16-25-18-19-26-17-15-24-13-11-22-9-6-4-5-7-20/h20H,2-19H2,1H3. The lowest BCUT2D eigenvalue weighted by atomic mass is 10.2. The highest BCUT2D eigenvalue weighted by Gasteiger charge is 1.94. The van der Waals surface area contributed by atoms with Gasteiger partial charge in [-0.15, -0.1) is 0 Å². The lowest BCUT2D eigenvalue weighted by molar-refractivity contribution is -0.0169. The first-order valence-electron chi connectivity index (χ1n) is 9.99. The third-order valence-electron chi connectivity index (χ3n) is 3.45. The predicted octanol–water partition coefficient (Wildman–Crippen LogP) is 2.05.